The molecule has 0 spiro atoms. The molecular formula is C56H35NO. The molecule has 12 rings (SSSR count). The van der Waals surface area contributed by atoms with E-state index in [-0.39, 0.29) is 0 Å². The van der Waals surface area contributed by atoms with Gasteiger partial charge in [0.05, 0.1) is 16.6 Å². The summed E-state index contributed by atoms with van der Waals surface area (Å²) in [7, 11) is 0. The maximum Gasteiger partial charge on any atom is 0.136 e. The smallest absolute Gasteiger partial charge is 0.136 e. The molecule has 0 saturated carbocycles. The first kappa shape index (κ1) is 32.7. The molecule has 0 amide bonds. The molecule has 1 aliphatic carbocycles. The Hall–Kier alpha value is -7.55. The lowest BCUT2D eigenvalue weighted by molar-refractivity contribution is 0.669. The number of fused-ring (bicyclic) bond motifs is 9. The van der Waals surface area contributed by atoms with Crippen molar-refractivity contribution in [1.29, 1.82) is 0 Å². The van der Waals surface area contributed by atoms with Crippen LogP contribution < -0.4 is 0 Å². The number of nitrogens with zero attached hydrogens (tertiary/aromatic N) is 1. The molecule has 0 fully saturated rings. The zero-order valence-corrected chi connectivity index (χ0v) is 31.6. The van der Waals surface area contributed by atoms with E-state index in [0.29, 0.717) is 0 Å². The Morgan fingerprint density at radius 3 is 1.71 bits per heavy atom. The topological polar surface area (TPSA) is 26.0 Å². The Morgan fingerprint density at radius 2 is 0.948 bits per heavy atom. The molecule has 9 aromatic carbocycles. The molecular weight excluding hydrogens is 703 g/mol. The normalized spacial score (nSPS) is 13.0. The number of hydrogen-bond acceptors (Lipinski definition) is 2. The summed E-state index contributed by atoms with van der Waals surface area (Å²) >= 11 is 0. The molecule has 0 bridgehead atoms. The Morgan fingerprint density at radius 1 is 0.362 bits per heavy atom. The number of rotatable bonds is 5. The number of aromatic nitrogens is 1. The number of furan rings is 1. The monoisotopic (exact) mass is 737 g/mol. The van der Waals surface area contributed by atoms with Crippen molar-refractivity contribution in [2.75, 3.05) is 0 Å². The van der Waals surface area contributed by atoms with Crippen LogP contribution in [0.1, 0.15) is 22.3 Å². The van der Waals surface area contributed by atoms with Crippen molar-refractivity contribution in [3.8, 4) is 44.6 Å². The van der Waals surface area contributed by atoms with Crippen molar-refractivity contribution in [3.05, 3.63) is 235 Å². The van der Waals surface area contributed by atoms with Gasteiger partial charge in [-0.05, 0) is 74.3 Å². The predicted octanol–water partition coefficient (Wildman–Crippen LogP) is 14.7. The molecule has 0 unspecified atom stereocenters. The van der Waals surface area contributed by atoms with Crippen LogP contribution in [0, 0.1) is 0 Å². The van der Waals surface area contributed by atoms with Gasteiger partial charge in [0, 0.05) is 38.1 Å². The van der Waals surface area contributed by atoms with E-state index in [2.05, 4.69) is 206 Å². The minimum absolute atomic E-state index is 0.452. The van der Waals surface area contributed by atoms with Gasteiger partial charge in [0.15, 0.2) is 0 Å². The molecule has 2 nitrogen and oxygen atoms in total. The van der Waals surface area contributed by atoms with Gasteiger partial charge in [-0.1, -0.05) is 188 Å². The molecule has 2 aromatic heterocycles. The van der Waals surface area contributed by atoms with Crippen LogP contribution in [0.2, 0.25) is 0 Å². The van der Waals surface area contributed by atoms with Gasteiger partial charge >= 0.3 is 0 Å². The van der Waals surface area contributed by atoms with Crippen molar-refractivity contribution in [2.24, 2.45) is 0 Å². The van der Waals surface area contributed by atoms with E-state index >= 15 is 0 Å². The summed E-state index contributed by atoms with van der Waals surface area (Å²) in [6, 6.07) is 76.9. The highest BCUT2D eigenvalue weighted by molar-refractivity contribution is 6.27. The fourth-order valence-corrected chi connectivity index (χ4v) is 9.87. The van der Waals surface area contributed by atoms with Gasteiger partial charge in [-0.15, -0.1) is 0 Å². The van der Waals surface area contributed by atoms with E-state index in [1.54, 1.807) is 0 Å². The maximum absolute atomic E-state index is 6.65. The minimum Gasteiger partial charge on any atom is -0.456 e. The van der Waals surface area contributed by atoms with Crippen LogP contribution in [-0.2, 0) is 5.41 Å². The summed E-state index contributed by atoms with van der Waals surface area (Å²) in [6.07, 6.45) is 0. The number of para-hydroxylation sites is 2. The zero-order chi connectivity index (χ0) is 38.2. The summed E-state index contributed by atoms with van der Waals surface area (Å²) in [5, 5.41) is 5.61. The van der Waals surface area contributed by atoms with Crippen LogP contribution in [0.25, 0.3) is 88.3 Å². The third kappa shape index (κ3) is 4.69. The Bertz CT molecular complexity index is 3320. The minimum atomic E-state index is -0.452. The van der Waals surface area contributed by atoms with Crippen LogP contribution in [0.5, 0.6) is 0 Å². The van der Waals surface area contributed by atoms with Crippen LogP contribution in [-0.4, -0.2) is 4.98 Å². The predicted molar refractivity (Wildman–Crippen MR) is 240 cm³/mol. The lowest BCUT2D eigenvalue weighted by Crippen LogP contribution is -2.28. The molecule has 0 atom stereocenters. The lowest BCUT2D eigenvalue weighted by Gasteiger charge is -2.34. The molecule has 0 radical (unpaired) electrons. The van der Waals surface area contributed by atoms with Crippen molar-refractivity contribution in [1.82, 2.24) is 4.98 Å². The van der Waals surface area contributed by atoms with Gasteiger partial charge in [0.1, 0.15) is 11.2 Å². The first-order valence-electron chi connectivity index (χ1n) is 20.0. The second-order valence-electron chi connectivity index (χ2n) is 15.4. The molecule has 2 heterocycles. The number of pyridine rings is 1. The molecule has 0 N–H and O–H groups in total. The highest BCUT2D eigenvalue weighted by Crippen LogP contribution is 2.57. The molecule has 270 valence electrons. The molecule has 58 heavy (non-hydrogen) atoms. The zero-order valence-electron chi connectivity index (χ0n) is 31.6. The van der Waals surface area contributed by atoms with Gasteiger partial charge in [-0.3, -0.25) is 0 Å². The highest BCUT2D eigenvalue weighted by atomic mass is 16.3. The van der Waals surface area contributed by atoms with E-state index in [0.717, 1.165) is 60.6 Å². The van der Waals surface area contributed by atoms with Crippen LogP contribution in [0.3, 0.4) is 0 Å². The summed E-state index contributed by atoms with van der Waals surface area (Å²) in [6.45, 7) is 0. The van der Waals surface area contributed by atoms with Gasteiger partial charge in [0.25, 0.3) is 0 Å². The fraction of sp³-hybridized carbons (Fsp3) is 0.0179. The molecule has 0 aliphatic heterocycles. The Balaban J connectivity index is 1.09. The van der Waals surface area contributed by atoms with Gasteiger partial charge < -0.3 is 4.42 Å². The van der Waals surface area contributed by atoms with Gasteiger partial charge in [-0.25, -0.2) is 4.98 Å². The Kier molecular flexibility index (Phi) is 7.18. The Labute approximate surface area is 336 Å². The summed E-state index contributed by atoms with van der Waals surface area (Å²) in [4.78, 5) is 5.28. The van der Waals surface area contributed by atoms with E-state index < -0.39 is 5.41 Å². The van der Waals surface area contributed by atoms with Crippen molar-refractivity contribution in [2.45, 2.75) is 5.41 Å². The van der Waals surface area contributed by atoms with E-state index in [4.69, 9.17) is 9.40 Å². The largest absolute Gasteiger partial charge is 0.456 e. The fourth-order valence-electron chi connectivity index (χ4n) is 9.87. The van der Waals surface area contributed by atoms with Crippen LogP contribution in [0.4, 0.5) is 0 Å². The molecule has 11 aromatic rings. The first-order valence-corrected chi connectivity index (χ1v) is 20.0. The van der Waals surface area contributed by atoms with Crippen molar-refractivity contribution in [3.63, 3.8) is 0 Å². The van der Waals surface area contributed by atoms with Crippen LogP contribution in [0.15, 0.2) is 217 Å². The molecule has 2 heteroatoms. The average molecular weight is 738 g/mol. The van der Waals surface area contributed by atoms with Crippen molar-refractivity contribution < 1.29 is 4.42 Å². The number of hydrogen-bond donors (Lipinski definition) is 0. The first-order chi connectivity index (χ1) is 28.8. The molecule has 1 aliphatic rings. The van der Waals surface area contributed by atoms with E-state index in [9.17, 15) is 0 Å². The highest BCUT2D eigenvalue weighted by Gasteiger charge is 2.46. The summed E-state index contributed by atoms with van der Waals surface area (Å²) in [5.41, 5.74) is 16.7. The average Bonchev–Trinajstić information content (AvgIpc) is 3.82. The summed E-state index contributed by atoms with van der Waals surface area (Å²) < 4.78 is 6.65. The van der Waals surface area contributed by atoms with Crippen molar-refractivity contribution >= 4 is 43.6 Å². The molecule has 0 saturated heterocycles. The second-order valence-corrected chi connectivity index (χ2v) is 15.4. The van der Waals surface area contributed by atoms with Gasteiger partial charge in [-0.2, -0.15) is 0 Å². The third-order valence-corrected chi connectivity index (χ3v) is 12.3. The van der Waals surface area contributed by atoms with Crippen LogP contribution >= 0.6 is 0 Å². The quantitative estimate of drug-likeness (QED) is 0.164. The summed E-state index contributed by atoms with van der Waals surface area (Å²) in [5.74, 6) is 0. The standard InChI is InChI=1S/C56H35NO/c1-4-16-38(17-5-1)55-46-35-51-54(45-24-12-15-27-50(45)58-51)52(53(46)44-23-11-14-26-49(44)57-55)37-30-28-36(29-31-37)39-32-33-43-42-22-10-13-25-47(42)56(48(43)34-39,40-18-6-2-7-19-40)41-20-8-3-9-21-41/h1-35H. The van der Waals surface area contributed by atoms with Gasteiger partial charge in [0.2, 0.25) is 0 Å². The maximum atomic E-state index is 6.65. The second kappa shape index (κ2) is 12.7. The van der Waals surface area contributed by atoms with E-state index in [1.807, 2.05) is 6.07 Å². The third-order valence-electron chi connectivity index (χ3n) is 12.3. The SMILES string of the molecule is c1ccc(-c2nc3ccccc3c3c(-c4ccc(-c5ccc6c(c5)C(c5ccccc5)(c5ccccc5)c5ccccc5-6)cc4)c4c(cc23)oc2ccccc24)cc1. The van der Waals surface area contributed by atoms with E-state index in [1.165, 1.54) is 49.9 Å². The lowest BCUT2D eigenvalue weighted by atomic mass is 9.67. The number of benzene rings is 9.